The lowest BCUT2D eigenvalue weighted by molar-refractivity contribution is 0.159. The van der Waals surface area contributed by atoms with Crippen LogP contribution in [0.15, 0.2) is 24.8 Å². The number of benzene rings is 1. The first-order chi connectivity index (χ1) is 9.65. The van der Waals surface area contributed by atoms with E-state index in [2.05, 4.69) is 16.8 Å². The molecule has 0 bridgehead atoms. The summed E-state index contributed by atoms with van der Waals surface area (Å²) in [6.45, 7) is 8.75. The van der Waals surface area contributed by atoms with Crippen molar-refractivity contribution in [3.05, 3.63) is 47.5 Å². The van der Waals surface area contributed by atoms with Gasteiger partial charge in [-0.25, -0.2) is 8.78 Å². The highest BCUT2D eigenvalue weighted by molar-refractivity contribution is 5.29. The molecule has 1 N–H and O–H groups in total. The van der Waals surface area contributed by atoms with Gasteiger partial charge >= 0.3 is 0 Å². The first-order valence-corrected chi connectivity index (χ1v) is 7.15. The van der Waals surface area contributed by atoms with Crippen molar-refractivity contribution in [2.45, 2.75) is 25.8 Å². The highest BCUT2D eigenvalue weighted by Gasteiger charge is 2.27. The van der Waals surface area contributed by atoms with Crippen LogP contribution in [0.3, 0.4) is 0 Å². The Labute approximate surface area is 119 Å². The third-order valence-electron chi connectivity index (χ3n) is 3.89. The Hall–Kier alpha value is -1.26. The number of allylic oxidation sites excluding steroid dienone is 1. The minimum absolute atomic E-state index is 0.213. The molecule has 0 amide bonds. The predicted molar refractivity (Wildman–Crippen MR) is 77.7 cm³/mol. The maximum atomic E-state index is 14.4. The van der Waals surface area contributed by atoms with Crippen LogP contribution in [0.5, 0.6) is 0 Å². The van der Waals surface area contributed by atoms with Gasteiger partial charge in [-0.05, 0) is 31.4 Å². The summed E-state index contributed by atoms with van der Waals surface area (Å²) in [6, 6.07) is 2.66. The zero-order valence-electron chi connectivity index (χ0n) is 12.0. The number of nitrogens with one attached hydrogen (secondary N) is 1. The lowest BCUT2D eigenvalue weighted by Crippen LogP contribution is -2.45. The normalized spacial score (nSPS) is 17.9. The van der Waals surface area contributed by atoms with Crippen molar-refractivity contribution in [2.24, 2.45) is 0 Å². The molecule has 20 heavy (non-hydrogen) atoms. The van der Waals surface area contributed by atoms with Gasteiger partial charge in [0, 0.05) is 37.8 Å². The van der Waals surface area contributed by atoms with E-state index in [1.54, 1.807) is 13.0 Å². The van der Waals surface area contributed by atoms with Gasteiger partial charge < -0.3 is 5.32 Å². The minimum atomic E-state index is -0.444. The number of hydrogen-bond donors (Lipinski definition) is 1. The summed E-state index contributed by atoms with van der Waals surface area (Å²) in [5, 5.41) is 3.27. The van der Waals surface area contributed by atoms with Gasteiger partial charge in [-0.3, -0.25) is 4.90 Å². The van der Waals surface area contributed by atoms with Crippen LogP contribution in [0.4, 0.5) is 8.78 Å². The molecule has 1 atom stereocenters. The van der Waals surface area contributed by atoms with E-state index in [-0.39, 0.29) is 11.6 Å². The number of piperazine rings is 1. The number of nitrogens with zero attached hydrogens (tertiary/aromatic N) is 1. The molecule has 1 aromatic rings. The van der Waals surface area contributed by atoms with E-state index in [4.69, 9.17) is 0 Å². The minimum Gasteiger partial charge on any atom is -0.314 e. The maximum Gasteiger partial charge on any atom is 0.133 e. The summed E-state index contributed by atoms with van der Waals surface area (Å²) >= 11 is 0. The number of aryl methyl sites for hydroxylation is 1. The van der Waals surface area contributed by atoms with Crippen LogP contribution in [-0.4, -0.2) is 31.1 Å². The van der Waals surface area contributed by atoms with Crippen LogP contribution in [0.25, 0.3) is 0 Å². The summed E-state index contributed by atoms with van der Waals surface area (Å²) in [6.07, 6.45) is 3.25. The van der Waals surface area contributed by atoms with E-state index in [9.17, 15) is 8.78 Å². The molecule has 110 valence electrons. The van der Waals surface area contributed by atoms with Gasteiger partial charge in [-0.2, -0.15) is 0 Å². The smallest absolute Gasteiger partial charge is 0.133 e. The van der Waals surface area contributed by atoms with Gasteiger partial charge in [0.15, 0.2) is 0 Å². The van der Waals surface area contributed by atoms with Crippen molar-refractivity contribution >= 4 is 0 Å². The van der Waals surface area contributed by atoms with Crippen LogP contribution in [0.1, 0.15) is 30.0 Å². The Morgan fingerprint density at radius 3 is 2.70 bits per heavy atom. The average molecular weight is 280 g/mol. The van der Waals surface area contributed by atoms with Crippen LogP contribution >= 0.6 is 0 Å². The van der Waals surface area contributed by atoms with Crippen molar-refractivity contribution in [3.8, 4) is 0 Å². The van der Waals surface area contributed by atoms with E-state index in [0.29, 0.717) is 12.0 Å². The Bertz CT molecular complexity index is 468. The molecule has 0 spiro atoms. The van der Waals surface area contributed by atoms with Gasteiger partial charge in [0.25, 0.3) is 0 Å². The highest BCUT2D eigenvalue weighted by atomic mass is 19.1. The third kappa shape index (κ3) is 3.25. The van der Waals surface area contributed by atoms with Crippen molar-refractivity contribution in [3.63, 3.8) is 0 Å². The zero-order valence-corrected chi connectivity index (χ0v) is 12.0. The monoisotopic (exact) mass is 280 g/mol. The van der Waals surface area contributed by atoms with E-state index in [0.717, 1.165) is 32.6 Å². The molecule has 0 radical (unpaired) electrons. The molecule has 0 aliphatic carbocycles. The largest absolute Gasteiger partial charge is 0.314 e. The average Bonchev–Trinajstić information content (AvgIpc) is 2.47. The first-order valence-electron chi connectivity index (χ1n) is 7.15. The van der Waals surface area contributed by atoms with Gasteiger partial charge in [-0.15, -0.1) is 6.58 Å². The van der Waals surface area contributed by atoms with Crippen molar-refractivity contribution in [1.29, 1.82) is 0 Å². The maximum absolute atomic E-state index is 14.4. The molecule has 0 unspecified atom stereocenters. The fourth-order valence-electron chi connectivity index (χ4n) is 2.76. The van der Waals surface area contributed by atoms with Crippen LogP contribution in [0.2, 0.25) is 0 Å². The highest BCUT2D eigenvalue weighted by Crippen LogP contribution is 2.31. The molecule has 0 saturated carbocycles. The van der Waals surface area contributed by atoms with Crippen LogP contribution < -0.4 is 5.32 Å². The molecule has 0 aromatic heterocycles. The second kappa shape index (κ2) is 6.95. The van der Waals surface area contributed by atoms with Crippen LogP contribution in [0, 0.1) is 18.6 Å². The third-order valence-corrected chi connectivity index (χ3v) is 3.89. The standard InChI is InChI=1S/C16H22F2N2/c1-3-4-5-14(20-10-8-19-9-11-20)15-13(17)7-6-12(2)16(15)18/h3,6-7,14,19H,1,4-5,8-11H2,2H3/t14-/m0/s1. The molecule has 1 heterocycles. The van der Waals surface area contributed by atoms with Gasteiger partial charge in [-0.1, -0.05) is 12.1 Å². The molecule has 1 aliphatic rings. The molecular weight excluding hydrogens is 258 g/mol. The first kappa shape index (κ1) is 15.1. The summed E-state index contributed by atoms with van der Waals surface area (Å²) < 4.78 is 28.5. The fraction of sp³-hybridized carbons (Fsp3) is 0.500. The van der Waals surface area contributed by atoms with Crippen molar-refractivity contribution < 1.29 is 8.78 Å². The second-order valence-corrected chi connectivity index (χ2v) is 5.26. The molecule has 1 aromatic carbocycles. The van der Waals surface area contributed by atoms with E-state index < -0.39 is 11.6 Å². The molecule has 2 rings (SSSR count). The molecule has 4 heteroatoms. The van der Waals surface area contributed by atoms with Gasteiger partial charge in [0.2, 0.25) is 0 Å². The lowest BCUT2D eigenvalue weighted by Gasteiger charge is -2.35. The Morgan fingerprint density at radius 1 is 1.35 bits per heavy atom. The number of hydrogen-bond acceptors (Lipinski definition) is 2. The topological polar surface area (TPSA) is 15.3 Å². The lowest BCUT2D eigenvalue weighted by atomic mass is 9.96. The molecule has 2 nitrogen and oxygen atoms in total. The van der Waals surface area contributed by atoms with E-state index >= 15 is 0 Å². The fourth-order valence-corrected chi connectivity index (χ4v) is 2.76. The Kier molecular flexibility index (Phi) is 5.26. The van der Waals surface area contributed by atoms with E-state index in [1.165, 1.54) is 12.1 Å². The van der Waals surface area contributed by atoms with Gasteiger partial charge in [0.1, 0.15) is 11.6 Å². The Balaban J connectivity index is 2.34. The summed E-state index contributed by atoms with van der Waals surface area (Å²) in [7, 11) is 0. The zero-order chi connectivity index (χ0) is 14.5. The van der Waals surface area contributed by atoms with Gasteiger partial charge in [0.05, 0.1) is 0 Å². The molecule has 1 fully saturated rings. The van der Waals surface area contributed by atoms with E-state index in [1.807, 2.05) is 0 Å². The van der Waals surface area contributed by atoms with Crippen molar-refractivity contribution in [2.75, 3.05) is 26.2 Å². The quantitative estimate of drug-likeness (QED) is 0.833. The van der Waals surface area contributed by atoms with Crippen LogP contribution in [-0.2, 0) is 0 Å². The second-order valence-electron chi connectivity index (χ2n) is 5.26. The number of halogens is 2. The van der Waals surface area contributed by atoms with Crippen molar-refractivity contribution in [1.82, 2.24) is 10.2 Å². The summed E-state index contributed by atoms with van der Waals surface area (Å²) in [5.74, 6) is -0.849. The number of rotatable bonds is 5. The molecular formula is C16H22F2N2. The SMILES string of the molecule is C=CCC[C@@H](c1c(F)ccc(C)c1F)N1CCNCC1. The summed E-state index contributed by atoms with van der Waals surface area (Å²) in [4.78, 5) is 2.17. The molecule has 1 saturated heterocycles. The Morgan fingerprint density at radius 2 is 2.05 bits per heavy atom. The predicted octanol–water partition coefficient (Wildman–Crippen LogP) is 3.19. The molecule has 1 aliphatic heterocycles. The summed E-state index contributed by atoms with van der Waals surface area (Å²) in [5.41, 5.74) is 0.717.